The quantitative estimate of drug-likeness (QED) is 0.736. The van der Waals surface area contributed by atoms with Crippen LogP contribution in [0.15, 0.2) is 24.7 Å². The Morgan fingerprint density at radius 2 is 2.08 bits per heavy atom. The highest BCUT2D eigenvalue weighted by Gasteiger charge is 2.35. The number of anilines is 1. The van der Waals surface area contributed by atoms with Crippen LogP contribution in [0.3, 0.4) is 0 Å². The maximum absolute atomic E-state index is 12.6. The average Bonchev–Trinajstić information content (AvgIpc) is 3.09. The van der Waals surface area contributed by atoms with Crippen LogP contribution in [-0.4, -0.2) is 20.3 Å². The van der Waals surface area contributed by atoms with Gasteiger partial charge in [0.1, 0.15) is 6.33 Å². The molecule has 1 N–H and O–H groups in total. The Hall–Kier alpha value is -2.89. The highest BCUT2D eigenvalue weighted by atomic mass is 16.7. The number of hydrogen-bond donors (Lipinski definition) is 1. The van der Waals surface area contributed by atoms with E-state index in [1.807, 2.05) is 25.3 Å². The van der Waals surface area contributed by atoms with Gasteiger partial charge in [-0.05, 0) is 30.4 Å². The van der Waals surface area contributed by atoms with Crippen molar-refractivity contribution in [2.75, 3.05) is 5.48 Å². The Balaban J connectivity index is 1.75. The minimum atomic E-state index is -0.0341. The van der Waals surface area contributed by atoms with E-state index in [2.05, 4.69) is 33.9 Å². The van der Waals surface area contributed by atoms with Crippen molar-refractivity contribution in [2.45, 2.75) is 33.6 Å². The number of aryl methyl sites for hydroxylation is 1. The summed E-state index contributed by atoms with van der Waals surface area (Å²) in [4.78, 5) is 26.8. The van der Waals surface area contributed by atoms with E-state index in [-0.39, 0.29) is 11.2 Å². The van der Waals surface area contributed by atoms with Gasteiger partial charge in [0.05, 0.1) is 16.6 Å². The molecule has 0 amide bonds. The van der Waals surface area contributed by atoms with Crippen molar-refractivity contribution in [3.8, 4) is 11.4 Å². The molecule has 3 heterocycles. The van der Waals surface area contributed by atoms with Crippen molar-refractivity contribution >= 4 is 22.5 Å². The van der Waals surface area contributed by atoms with Crippen LogP contribution >= 0.6 is 0 Å². The Morgan fingerprint density at radius 1 is 1.24 bits per heavy atom. The van der Waals surface area contributed by atoms with Crippen molar-refractivity contribution < 1.29 is 9.63 Å². The second-order valence-electron chi connectivity index (χ2n) is 7.71. The van der Waals surface area contributed by atoms with Crippen LogP contribution in [0.25, 0.3) is 16.6 Å². The third-order valence-corrected chi connectivity index (χ3v) is 5.08. The van der Waals surface area contributed by atoms with E-state index in [1.54, 1.807) is 0 Å². The van der Waals surface area contributed by atoms with Crippen molar-refractivity contribution in [1.82, 2.24) is 14.5 Å². The number of Topliss-reactive ketones (excluding diaryl/α,β-unsaturated/α-hetero) is 1. The molecule has 1 aromatic carbocycles. The van der Waals surface area contributed by atoms with Crippen LogP contribution in [-0.2, 0) is 6.42 Å². The average molecular weight is 334 g/mol. The smallest absolute Gasteiger partial charge is 0.175 e. The minimum absolute atomic E-state index is 0.0341. The highest BCUT2D eigenvalue weighted by molar-refractivity contribution is 6.01. The van der Waals surface area contributed by atoms with Gasteiger partial charge in [-0.2, -0.15) is 0 Å². The molecule has 6 nitrogen and oxygen atoms in total. The third kappa shape index (κ3) is 2.00. The van der Waals surface area contributed by atoms with Crippen LogP contribution in [0.1, 0.15) is 41.9 Å². The van der Waals surface area contributed by atoms with Gasteiger partial charge < -0.3 is 9.40 Å². The number of hydrogen-bond acceptors (Lipinski definition) is 5. The summed E-state index contributed by atoms with van der Waals surface area (Å²) >= 11 is 0. The lowest BCUT2D eigenvalue weighted by atomic mass is 9.75. The first-order valence-electron chi connectivity index (χ1n) is 8.39. The molecule has 2 aromatic heterocycles. The normalized spacial score (nSPS) is 17.3. The molecular formula is C19H18N4O2. The van der Waals surface area contributed by atoms with Crippen molar-refractivity contribution in [2.24, 2.45) is 5.41 Å². The molecule has 0 saturated carbocycles. The second-order valence-corrected chi connectivity index (χ2v) is 7.71. The summed E-state index contributed by atoms with van der Waals surface area (Å²) in [6.45, 7) is 6.30. The molecule has 0 radical (unpaired) electrons. The molecule has 1 aliphatic carbocycles. The number of ketones is 1. The van der Waals surface area contributed by atoms with E-state index >= 15 is 0 Å². The van der Waals surface area contributed by atoms with Gasteiger partial charge in [-0.1, -0.05) is 13.8 Å². The fraction of sp³-hybridized carbons (Fsp3) is 0.316. The number of benzene rings is 1. The predicted octanol–water partition coefficient (Wildman–Crippen LogP) is 3.60. The summed E-state index contributed by atoms with van der Waals surface area (Å²) in [5, 5.41) is 0.889. The minimum Gasteiger partial charge on any atom is -0.380 e. The molecule has 6 heteroatoms. The number of fused-ring (bicyclic) bond motifs is 1. The molecule has 5 rings (SSSR count). The van der Waals surface area contributed by atoms with E-state index in [0.717, 1.165) is 39.8 Å². The number of carbonyl (C=O) groups excluding carboxylic acids is 1. The number of nitrogens with one attached hydrogen (secondary N) is 1. The van der Waals surface area contributed by atoms with E-state index in [9.17, 15) is 4.79 Å². The Morgan fingerprint density at radius 3 is 2.92 bits per heavy atom. The topological polar surface area (TPSA) is 69.0 Å². The second kappa shape index (κ2) is 4.59. The first kappa shape index (κ1) is 14.5. The van der Waals surface area contributed by atoms with Crippen LogP contribution < -0.4 is 10.3 Å². The lowest BCUT2D eigenvalue weighted by molar-refractivity contribution is 0.0910. The van der Waals surface area contributed by atoms with E-state index < -0.39 is 0 Å². The molecule has 25 heavy (non-hydrogen) atoms. The molecule has 0 bridgehead atoms. The SMILES string of the molecule is Cc1cn(-c2cc3c4c(ncnc4c2)NO3)c2c1C(=O)CC(C)(C)C2. The molecular weight excluding hydrogens is 316 g/mol. The first-order chi connectivity index (χ1) is 11.9. The fourth-order valence-electron chi connectivity index (χ4n) is 4.05. The van der Waals surface area contributed by atoms with Crippen LogP contribution in [0, 0.1) is 12.3 Å². The van der Waals surface area contributed by atoms with Gasteiger partial charge in [-0.15, -0.1) is 0 Å². The maximum atomic E-state index is 12.6. The zero-order chi connectivity index (χ0) is 17.3. The molecule has 0 saturated heterocycles. The Kier molecular flexibility index (Phi) is 2.66. The monoisotopic (exact) mass is 334 g/mol. The predicted molar refractivity (Wildman–Crippen MR) is 94.3 cm³/mol. The standard InChI is InChI=1S/C19H18N4O2/c1-10-8-23(13-6-19(2,3)7-14(24)16(10)13)11-4-12-17-15(5-11)25-22-18(17)21-9-20-12/h4-5,8-9H,6-7H2,1-3H3,(H,20,21,22). The first-order valence-corrected chi connectivity index (χ1v) is 8.39. The number of aromatic nitrogens is 3. The zero-order valence-corrected chi connectivity index (χ0v) is 14.4. The maximum Gasteiger partial charge on any atom is 0.175 e. The molecule has 3 aromatic rings. The van der Waals surface area contributed by atoms with E-state index in [4.69, 9.17) is 4.84 Å². The number of nitrogens with zero attached hydrogens (tertiary/aromatic N) is 3. The summed E-state index contributed by atoms with van der Waals surface area (Å²) in [6.07, 6.45) is 5.03. The van der Waals surface area contributed by atoms with Crippen molar-refractivity contribution in [3.63, 3.8) is 0 Å². The largest absolute Gasteiger partial charge is 0.380 e. The lowest BCUT2D eigenvalue weighted by Crippen LogP contribution is -2.28. The van der Waals surface area contributed by atoms with Crippen molar-refractivity contribution in [1.29, 1.82) is 0 Å². The highest BCUT2D eigenvalue weighted by Crippen LogP contribution is 2.40. The Labute approximate surface area is 144 Å². The van der Waals surface area contributed by atoms with Crippen molar-refractivity contribution in [3.05, 3.63) is 41.5 Å². The molecule has 2 aliphatic rings. The number of rotatable bonds is 1. The number of carbonyl (C=O) groups is 1. The lowest BCUT2D eigenvalue weighted by Gasteiger charge is -2.30. The summed E-state index contributed by atoms with van der Waals surface area (Å²) < 4.78 is 2.11. The van der Waals surface area contributed by atoms with Crippen LogP contribution in [0.5, 0.6) is 5.75 Å². The molecule has 0 fully saturated rings. The molecule has 0 unspecified atom stereocenters. The van der Waals surface area contributed by atoms with Gasteiger partial charge >= 0.3 is 0 Å². The molecule has 0 spiro atoms. The van der Waals surface area contributed by atoms with Gasteiger partial charge in [0.2, 0.25) is 0 Å². The van der Waals surface area contributed by atoms with Gasteiger partial charge in [0.15, 0.2) is 17.4 Å². The summed E-state index contributed by atoms with van der Waals surface area (Å²) in [5.41, 5.74) is 7.53. The van der Waals surface area contributed by atoms with Gasteiger partial charge in [-0.25, -0.2) is 15.4 Å². The summed E-state index contributed by atoms with van der Waals surface area (Å²) in [7, 11) is 0. The molecule has 1 aliphatic heterocycles. The van der Waals surface area contributed by atoms with Crippen LogP contribution in [0.2, 0.25) is 0 Å². The summed E-state index contributed by atoms with van der Waals surface area (Å²) in [5.74, 6) is 1.63. The Bertz CT molecular complexity index is 1060. The van der Waals surface area contributed by atoms with Gasteiger partial charge in [-0.3, -0.25) is 4.79 Å². The van der Waals surface area contributed by atoms with Gasteiger partial charge in [0.25, 0.3) is 0 Å². The zero-order valence-electron chi connectivity index (χ0n) is 14.4. The molecule has 126 valence electrons. The fourth-order valence-corrected chi connectivity index (χ4v) is 4.05. The summed E-state index contributed by atoms with van der Waals surface area (Å²) in [6, 6.07) is 3.99. The third-order valence-electron chi connectivity index (χ3n) is 5.08. The van der Waals surface area contributed by atoms with E-state index in [0.29, 0.717) is 18.0 Å². The van der Waals surface area contributed by atoms with E-state index in [1.165, 1.54) is 6.33 Å². The molecule has 0 atom stereocenters. The van der Waals surface area contributed by atoms with Gasteiger partial charge in [0, 0.05) is 29.9 Å². The van der Waals surface area contributed by atoms with Crippen LogP contribution in [0.4, 0.5) is 5.82 Å².